The van der Waals surface area contributed by atoms with Crippen molar-refractivity contribution in [1.29, 1.82) is 0 Å². The number of rotatable bonds is 7. The highest BCUT2D eigenvalue weighted by molar-refractivity contribution is 7.97. The molecule has 3 rings (SSSR count). The van der Waals surface area contributed by atoms with Crippen LogP contribution < -0.4 is 5.32 Å². The molecule has 1 aliphatic heterocycles. The molecule has 0 aliphatic carbocycles. The normalized spacial score (nSPS) is 15.2. The fourth-order valence-corrected chi connectivity index (χ4v) is 4.14. The molecule has 2 aromatic rings. The van der Waals surface area contributed by atoms with E-state index in [1.807, 2.05) is 11.4 Å². The van der Waals surface area contributed by atoms with Gasteiger partial charge in [-0.15, -0.1) is 11.3 Å². The van der Waals surface area contributed by atoms with Crippen molar-refractivity contribution in [1.82, 2.24) is 15.2 Å². The van der Waals surface area contributed by atoms with E-state index in [1.165, 1.54) is 12.8 Å². The minimum absolute atomic E-state index is 0.183. The fourth-order valence-electron chi connectivity index (χ4n) is 2.62. The van der Waals surface area contributed by atoms with Crippen LogP contribution in [0.3, 0.4) is 0 Å². The minimum Gasteiger partial charge on any atom is -0.455 e. The summed E-state index contributed by atoms with van der Waals surface area (Å²) >= 11 is 3.38. The summed E-state index contributed by atoms with van der Waals surface area (Å²) in [6.07, 6.45) is 4.56. The molecule has 23 heavy (non-hydrogen) atoms. The third kappa shape index (κ3) is 4.59. The summed E-state index contributed by atoms with van der Waals surface area (Å²) in [5.74, 6) is 1.96. The lowest BCUT2D eigenvalue weighted by Crippen LogP contribution is -2.22. The van der Waals surface area contributed by atoms with Crippen LogP contribution in [-0.4, -0.2) is 35.1 Å². The SMILES string of the molecule is CSCc1nc(CNC(=O)c2ccc(CN3CCCC3)o2)cs1. The van der Waals surface area contributed by atoms with Crippen LogP contribution in [0.15, 0.2) is 21.9 Å². The number of likely N-dealkylation sites (tertiary alicyclic amines) is 1. The number of nitrogens with zero attached hydrogens (tertiary/aromatic N) is 2. The van der Waals surface area contributed by atoms with Crippen LogP contribution in [0.4, 0.5) is 0 Å². The first-order chi connectivity index (χ1) is 11.2. The molecular weight excluding hydrogens is 330 g/mol. The Morgan fingerprint density at radius 3 is 3.04 bits per heavy atom. The van der Waals surface area contributed by atoms with Crippen LogP contribution in [0, 0.1) is 0 Å². The summed E-state index contributed by atoms with van der Waals surface area (Å²) < 4.78 is 5.66. The van der Waals surface area contributed by atoms with Gasteiger partial charge in [0.05, 0.1) is 18.8 Å². The Bertz CT molecular complexity index is 647. The molecule has 0 radical (unpaired) electrons. The van der Waals surface area contributed by atoms with Crippen LogP contribution in [-0.2, 0) is 18.8 Å². The number of nitrogens with one attached hydrogen (secondary N) is 1. The van der Waals surface area contributed by atoms with E-state index < -0.39 is 0 Å². The predicted octanol–water partition coefficient (Wildman–Crippen LogP) is 3.12. The Kier molecular flexibility index (Phi) is 5.75. The molecular formula is C16H21N3O2S2. The number of hydrogen-bond acceptors (Lipinski definition) is 6. The van der Waals surface area contributed by atoms with E-state index in [9.17, 15) is 4.79 Å². The first-order valence-corrected chi connectivity index (χ1v) is 10.0. The van der Waals surface area contributed by atoms with Gasteiger partial charge in [-0.2, -0.15) is 11.8 Å². The Hall–Kier alpha value is -1.31. The summed E-state index contributed by atoms with van der Waals surface area (Å²) in [6, 6.07) is 3.65. The van der Waals surface area contributed by atoms with Gasteiger partial charge in [0.15, 0.2) is 5.76 Å². The highest BCUT2D eigenvalue weighted by atomic mass is 32.2. The number of thioether (sulfide) groups is 1. The smallest absolute Gasteiger partial charge is 0.287 e. The Morgan fingerprint density at radius 1 is 1.43 bits per heavy atom. The molecule has 7 heteroatoms. The molecule has 0 saturated carbocycles. The van der Waals surface area contributed by atoms with Crippen molar-refractivity contribution in [2.45, 2.75) is 31.7 Å². The van der Waals surface area contributed by atoms with Crippen LogP contribution in [0.25, 0.3) is 0 Å². The van der Waals surface area contributed by atoms with Crippen molar-refractivity contribution >= 4 is 29.0 Å². The molecule has 0 aromatic carbocycles. The van der Waals surface area contributed by atoms with Crippen molar-refractivity contribution in [2.24, 2.45) is 0 Å². The van der Waals surface area contributed by atoms with Gasteiger partial charge in [-0.3, -0.25) is 9.69 Å². The summed E-state index contributed by atoms with van der Waals surface area (Å²) in [5, 5.41) is 5.95. The second-order valence-electron chi connectivity index (χ2n) is 5.60. The first kappa shape index (κ1) is 16.5. The summed E-state index contributed by atoms with van der Waals surface area (Å²) in [5.41, 5.74) is 0.899. The molecule has 1 N–H and O–H groups in total. The third-order valence-electron chi connectivity index (χ3n) is 3.76. The molecule has 0 bridgehead atoms. The lowest BCUT2D eigenvalue weighted by molar-refractivity contribution is 0.0919. The third-order valence-corrected chi connectivity index (χ3v) is 5.40. The molecule has 1 amide bonds. The van der Waals surface area contributed by atoms with Crippen LogP contribution >= 0.6 is 23.1 Å². The maximum absolute atomic E-state index is 12.2. The number of carbonyl (C=O) groups excluding carboxylic acids is 1. The highest BCUT2D eigenvalue weighted by Crippen LogP contribution is 2.16. The lowest BCUT2D eigenvalue weighted by Gasteiger charge is -2.11. The van der Waals surface area contributed by atoms with Crippen molar-refractivity contribution in [3.63, 3.8) is 0 Å². The Morgan fingerprint density at radius 2 is 2.26 bits per heavy atom. The molecule has 3 heterocycles. The van der Waals surface area contributed by atoms with Gasteiger partial charge in [0.1, 0.15) is 10.8 Å². The first-order valence-electron chi connectivity index (χ1n) is 7.76. The van der Waals surface area contributed by atoms with E-state index in [-0.39, 0.29) is 5.91 Å². The standard InChI is InChI=1S/C16H21N3O2S2/c1-22-11-15-18-12(10-23-15)8-17-16(20)14-5-4-13(21-14)9-19-6-2-3-7-19/h4-5,10H,2-3,6-9,11H2,1H3,(H,17,20). The molecule has 124 valence electrons. The zero-order valence-corrected chi connectivity index (χ0v) is 14.8. The second-order valence-corrected chi connectivity index (χ2v) is 7.41. The predicted molar refractivity (Wildman–Crippen MR) is 93.7 cm³/mol. The van der Waals surface area contributed by atoms with Crippen molar-refractivity contribution in [3.05, 3.63) is 39.7 Å². The van der Waals surface area contributed by atoms with Crippen molar-refractivity contribution < 1.29 is 9.21 Å². The van der Waals surface area contributed by atoms with Gasteiger partial charge in [0.2, 0.25) is 0 Å². The number of amides is 1. The maximum atomic E-state index is 12.2. The largest absolute Gasteiger partial charge is 0.455 e. The van der Waals surface area contributed by atoms with Crippen molar-refractivity contribution in [2.75, 3.05) is 19.3 Å². The van der Waals surface area contributed by atoms with Gasteiger partial charge in [-0.25, -0.2) is 4.98 Å². The average molecular weight is 351 g/mol. The van der Waals surface area contributed by atoms with Gasteiger partial charge in [-0.05, 0) is 44.3 Å². The van der Waals surface area contributed by atoms with E-state index in [2.05, 4.69) is 21.5 Å². The van der Waals surface area contributed by atoms with Crippen molar-refractivity contribution in [3.8, 4) is 0 Å². The van der Waals surface area contributed by atoms with E-state index in [0.717, 1.165) is 41.8 Å². The fraction of sp³-hybridized carbons (Fsp3) is 0.500. The second kappa shape index (κ2) is 7.99. The molecule has 5 nitrogen and oxygen atoms in total. The Labute approximate surface area is 144 Å². The van der Waals surface area contributed by atoms with E-state index >= 15 is 0 Å². The summed E-state index contributed by atoms with van der Waals surface area (Å²) in [6.45, 7) is 3.46. The monoisotopic (exact) mass is 351 g/mol. The van der Waals surface area contributed by atoms with E-state index in [0.29, 0.717) is 12.3 Å². The van der Waals surface area contributed by atoms with Gasteiger partial charge < -0.3 is 9.73 Å². The Balaban J connectivity index is 1.50. The minimum atomic E-state index is -0.183. The molecule has 0 atom stereocenters. The van der Waals surface area contributed by atoms with Gasteiger partial charge in [0, 0.05) is 11.1 Å². The number of hydrogen-bond donors (Lipinski definition) is 1. The van der Waals surface area contributed by atoms with E-state index in [4.69, 9.17) is 4.42 Å². The number of furan rings is 1. The van der Waals surface area contributed by atoms with Gasteiger partial charge in [-0.1, -0.05) is 0 Å². The molecule has 0 unspecified atom stereocenters. The zero-order valence-electron chi connectivity index (χ0n) is 13.2. The van der Waals surface area contributed by atoms with Gasteiger partial charge >= 0.3 is 0 Å². The molecule has 1 fully saturated rings. The zero-order chi connectivity index (χ0) is 16.1. The number of carbonyl (C=O) groups is 1. The lowest BCUT2D eigenvalue weighted by atomic mass is 10.4. The van der Waals surface area contributed by atoms with E-state index in [1.54, 1.807) is 29.2 Å². The summed E-state index contributed by atoms with van der Waals surface area (Å²) in [4.78, 5) is 19.0. The topological polar surface area (TPSA) is 58.4 Å². The molecule has 0 spiro atoms. The van der Waals surface area contributed by atoms with Crippen LogP contribution in [0.5, 0.6) is 0 Å². The van der Waals surface area contributed by atoms with Crippen LogP contribution in [0.1, 0.15) is 39.9 Å². The highest BCUT2D eigenvalue weighted by Gasteiger charge is 2.16. The molecule has 1 saturated heterocycles. The summed E-state index contributed by atoms with van der Waals surface area (Å²) in [7, 11) is 0. The molecule has 2 aromatic heterocycles. The van der Waals surface area contributed by atoms with Gasteiger partial charge in [0.25, 0.3) is 5.91 Å². The molecule has 1 aliphatic rings. The quantitative estimate of drug-likeness (QED) is 0.830. The van der Waals surface area contributed by atoms with Crippen LogP contribution in [0.2, 0.25) is 0 Å². The number of aromatic nitrogens is 1. The maximum Gasteiger partial charge on any atom is 0.287 e. The number of thiazole rings is 1. The average Bonchev–Trinajstić information content (AvgIpc) is 3.27.